The topological polar surface area (TPSA) is 103 Å². The lowest BCUT2D eigenvalue weighted by Gasteiger charge is -2.44. The summed E-state index contributed by atoms with van der Waals surface area (Å²) in [6.07, 6.45) is 14.0. The Kier molecular flexibility index (Phi) is 6.62. The second-order valence-corrected chi connectivity index (χ2v) is 11.6. The van der Waals surface area contributed by atoms with E-state index in [2.05, 4.69) is 26.9 Å². The molecule has 2 saturated heterocycles. The van der Waals surface area contributed by atoms with Crippen LogP contribution in [0.25, 0.3) is 0 Å². The summed E-state index contributed by atoms with van der Waals surface area (Å²) < 4.78 is 24.9. The van der Waals surface area contributed by atoms with Gasteiger partial charge in [0.1, 0.15) is 0 Å². The first-order valence-electron chi connectivity index (χ1n) is 11.2. The van der Waals surface area contributed by atoms with Gasteiger partial charge in [0, 0.05) is 43.8 Å². The van der Waals surface area contributed by atoms with Gasteiger partial charge in [0.2, 0.25) is 5.91 Å². The van der Waals surface area contributed by atoms with Crippen molar-refractivity contribution in [1.29, 1.82) is 0 Å². The molecular weight excluding hydrogens is 416 g/mol. The van der Waals surface area contributed by atoms with Gasteiger partial charge >= 0.3 is 0 Å². The molecule has 31 heavy (non-hydrogen) atoms. The molecule has 0 saturated carbocycles. The minimum absolute atomic E-state index is 0.0805. The van der Waals surface area contributed by atoms with Gasteiger partial charge in [0.25, 0.3) is 5.91 Å². The van der Waals surface area contributed by atoms with Crippen LogP contribution in [-0.4, -0.2) is 55.6 Å². The van der Waals surface area contributed by atoms with Gasteiger partial charge in [-0.05, 0) is 50.9 Å². The van der Waals surface area contributed by atoms with Crippen LogP contribution in [0.4, 0.5) is 0 Å². The van der Waals surface area contributed by atoms with Gasteiger partial charge < -0.3 is 10.1 Å². The van der Waals surface area contributed by atoms with Crippen LogP contribution in [0.5, 0.6) is 0 Å². The Hall–Kier alpha value is -2.00. The van der Waals surface area contributed by atoms with E-state index >= 15 is 0 Å². The molecule has 2 fully saturated rings. The van der Waals surface area contributed by atoms with Crippen LogP contribution < -0.4 is 5.32 Å². The number of aryl methyl sites for hydroxylation is 1. The lowest BCUT2D eigenvalue weighted by atomic mass is 9.85. The average molecular weight is 449 g/mol. The van der Waals surface area contributed by atoms with E-state index in [0.717, 1.165) is 32.1 Å². The maximum Gasteiger partial charge on any atom is 0.288 e. The molecule has 1 aromatic rings. The zero-order valence-electron chi connectivity index (χ0n) is 18.1. The molecule has 2 aliphatic heterocycles. The summed E-state index contributed by atoms with van der Waals surface area (Å²) in [4.78, 5) is 24.9. The predicted octanol–water partition coefficient (Wildman–Crippen LogP) is 2.60. The molecule has 0 aromatic carbocycles. The Balaban J connectivity index is 1.33. The van der Waals surface area contributed by atoms with Crippen molar-refractivity contribution in [2.75, 3.05) is 18.1 Å². The summed E-state index contributed by atoms with van der Waals surface area (Å²) >= 11 is 0. The largest absolute Gasteiger partial charge is 0.375 e. The zero-order valence-corrected chi connectivity index (χ0v) is 18.9. The molecule has 2 amide bonds. The fraction of sp³-hybridized carbons (Fsp3) is 0.682. The number of carbonyl (C=O) groups excluding carboxylic acids is 2. The fourth-order valence-corrected chi connectivity index (χ4v) is 7.00. The number of carbonyl (C=O) groups is 2. The van der Waals surface area contributed by atoms with Crippen molar-refractivity contribution < 1.29 is 18.5 Å². The summed E-state index contributed by atoms with van der Waals surface area (Å²) in [5, 5.41) is 7.18. The molecule has 0 radical (unpaired) electrons. The third-order valence-corrected chi connectivity index (χ3v) is 8.80. The van der Waals surface area contributed by atoms with E-state index < -0.39 is 15.6 Å². The average Bonchev–Trinajstić information content (AvgIpc) is 3.18. The van der Waals surface area contributed by atoms with Crippen molar-refractivity contribution in [2.45, 2.75) is 63.0 Å². The van der Waals surface area contributed by atoms with Crippen molar-refractivity contribution in [3.63, 3.8) is 0 Å². The van der Waals surface area contributed by atoms with E-state index in [9.17, 15) is 13.8 Å². The minimum atomic E-state index is -2.60. The predicted molar refractivity (Wildman–Crippen MR) is 118 cm³/mol. The molecule has 9 heteroatoms. The Morgan fingerprint density at radius 3 is 2.84 bits per heavy atom. The van der Waals surface area contributed by atoms with Crippen molar-refractivity contribution >= 4 is 21.5 Å². The summed E-state index contributed by atoms with van der Waals surface area (Å²) in [6, 6.07) is 0.0805. The van der Waals surface area contributed by atoms with Gasteiger partial charge in [-0.3, -0.25) is 14.3 Å². The summed E-state index contributed by atoms with van der Waals surface area (Å²) in [6.45, 7) is 0.585. The maximum absolute atomic E-state index is 13.2. The van der Waals surface area contributed by atoms with Crippen LogP contribution in [0.1, 0.15) is 61.7 Å². The number of nitrogens with one attached hydrogen (secondary N) is 1. The number of nitrogens with zero attached hydrogens (tertiary/aromatic N) is 3. The lowest BCUT2D eigenvalue weighted by molar-refractivity contribution is -0.126. The van der Waals surface area contributed by atoms with E-state index in [-0.39, 0.29) is 17.6 Å². The number of allylic oxidation sites excluding steroid dienone is 2. The number of rotatable bonds is 4. The Labute approximate surface area is 184 Å². The van der Waals surface area contributed by atoms with Crippen LogP contribution in [0, 0.1) is 5.92 Å². The fourth-order valence-electron chi connectivity index (χ4n) is 4.82. The molecule has 1 spiro atoms. The molecule has 3 aliphatic rings. The number of amides is 2. The van der Waals surface area contributed by atoms with E-state index in [1.54, 1.807) is 13.2 Å². The molecule has 170 valence electrons. The van der Waals surface area contributed by atoms with Gasteiger partial charge in [0.15, 0.2) is 0 Å². The quantitative estimate of drug-likeness (QED) is 0.713. The van der Waals surface area contributed by atoms with Gasteiger partial charge in [-0.2, -0.15) is 9.46 Å². The van der Waals surface area contributed by atoms with Crippen LogP contribution in [0.2, 0.25) is 0 Å². The highest BCUT2D eigenvalue weighted by atomic mass is 32.2. The molecule has 2 atom stereocenters. The van der Waals surface area contributed by atoms with Crippen LogP contribution in [0.15, 0.2) is 28.9 Å². The minimum Gasteiger partial charge on any atom is -0.375 e. The smallest absolute Gasteiger partial charge is 0.288 e. The summed E-state index contributed by atoms with van der Waals surface area (Å²) in [7, 11) is -0.875. The second-order valence-electron chi connectivity index (χ2n) is 9.09. The standard InChI is InChI=1S/C22H32N4O4S/c1-26-16-18(15-23-26)21(28)25-31(29)11-8-22(9-12-31)14-19(7-10-30-22)24-20(27)13-17-5-3-2-4-6-17/h3,5,15-17,19H,2,4,6-14H2,1H3,(H,24,27). The van der Waals surface area contributed by atoms with Crippen LogP contribution in [0.3, 0.4) is 0 Å². The van der Waals surface area contributed by atoms with Gasteiger partial charge in [-0.1, -0.05) is 12.2 Å². The highest BCUT2D eigenvalue weighted by Gasteiger charge is 2.42. The third kappa shape index (κ3) is 5.63. The highest BCUT2D eigenvalue weighted by molar-refractivity contribution is 7.93. The number of hydrogen-bond donors (Lipinski definition) is 1. The second kappa shape index (κ2) is 9.24. The molecular formula is C22H32N4O4S. The third-order valence-electron chi connectivity index (χ3n) is 6.61. The molecule has 1 aromatic heterocycles. The van der Waals surface area contributed by atoms with Crippen molar-refractivity contribution in [3.8, 4) is 0 Å². The lowest BCUT2D eigenvalue weighted by Crippen LogP contribution is -2.52. The van der Waals surface area contributed by atoms with Crippen molar-refractivity contribution in [1.82, 2.24) is 15.1 Å². The van der Waals surface area contributed by atoms with E-state index in [0.29, 0.717) is 48.9 Å². The number of ether oxygens (including phenoxy) is 1. The monoisotopic (exact) mass is 448 g/mol. The van der Waals surface area contributed by atoms with Crippen LogP contribution >= 0.6 is 0 Å². The first-order valence-corrected chi connectivity index (χ1v) is 13.1. The Bertz CT molecular complexity index is 962. The molecule has 0 bridgehead atoms. The Morgan fingerprint density at radius 1 is 1.35 bits per heavy atom. The number of aromatic nitrogens is 2. The molecule has 1 N–H and O–H groups in total. The molecule has 3 heterocycles. The molecule has 1 aliphatic carbocycles. The first-order chi connectivity index (χ1) is 14.8. The van der Waals surface area contributed by atoms with E-state index in [1.165, 1.54) is 10.9 Å². The van der Waals surface area contributed by atoms with Crippen molar-refractivity contribution in [2.24, 2.45) is 17.3 Å². The van der Waals surface area contributed by atoms with Gasteiger partial charge in [-0.15, -0.1) is 0 Å². The maximum atomic E-state index is 13.2. The summed E-state index contributed by atoms with van der Waals surface area (Å²) in [5.74, 6) is 0.663. The Morgan fingerprint density at radius 2 is 2.16 bits per heavy atom. The SMILES string of the molecule is Cn1cc(C(=O)N=S2(=O)CCC3(CC2)CC(NC(=O)CC2C=CCCC2)CCO3)cn1. The number of hydrogen-bond acceptors (Lipinski definition) is 5. The van der Waals surface area contributed by atoms with Crippen molar-refractivity contribution in [3.05, 3.63) is 30.1 Å². The normalized spacial score (nSPS) is 33.2. The zero-order chi connectivity index (χ0) is 21.9. The molecule has 4 rings (SSSR count). The summed E-state index contributed by atoms with van der Waals surface area (Å²) in [5.41, 5.74) is -0.0237. The first kappa shape index (κ1) is 22.2. The van der Waals surface area contributed by atoms with Gasteiger partial charge in [-0.25, -0.2) is 4.21 Å². The van der Waals surface area contributed by atoms with Gasteiger partial charge in [0.05, 0.1) is 27.1 Å². The van der Waals surface area contributed by atoms with E-state index in [1.807, 2.05) is 0 Å². The van der Waals surface area contributed by atoms with E-state index in [4.69, 9.17) is 4.74 Å². The van der Waals surface area contributed by atoms with Crippen LogP contribution in [-0.2, 0) is 26.3 Å². The molecule has 2 unspecified atom stereocenters. The highest BCUT2D eigenvalue weighted by Crippen LogP contribution is 2.36. The molecule has 8 nitrogen and oxygen atoms in total.